The number of carbonyl (C=O) groups excluding carboxylic acids is 1. The average Bonchev–Trinajstić information content (AvgIpc) is 3.03. The number of benzene rings is 2. The first-order valence-electron chi connectivity index (χ1n) is 7.67. The van der Waals surface area contributed by atoms with Crippen LogP contribution in [-0.2, 0) is 17.1 Å². The van der Waals surface area contributed by atoms with Crippen molar-refractivity contribution in [2.75, 3.05) is 0 Å². The maximum Gasteiger partial charge on any atom is 0.339 e. The summed E-state index contributed by atoms with van der Waals surface area (Å²) in [6, 6.07) is 15.1. The Labute approximate surface area is 149 Å². The van der Waals surface area contributed by atoms with Crippen LogP contribution in [0.2, 0.25) is 0 Å². The van der Waals surface area contributed by atoms with Gasteiger partial charge in [-0.2, -0.15) is 0 Å². The monoisotopic (exact) mass is 357 g/mol. The number of carbonyl (C=O) groups is 1. The Morgan fingerprint density at radius 3 is 2.80 bits per heavy atom. The van der Waals surface area contributed by atoms with E-state index in [1.807, 2.05) is 25.1 Å². The van der Waals surface area contributed by atoms with Crippen molar-refractivity contribution in [2.45, 2.75) is 24.2 Å². The molecule has 0 amide bonds. The Balaban J connectivity index is 1.65. The van der Waals surface area contributed by atoms with E-state index < -0.39 is 5.97 Å². The zero-order valence-electron chi connectivity index (χ0n) is 13.6. The largest absolute Gasteiger partial charge is 0.457 e. The van der Waals surface area contributed by atoms with Crippen LogP contribution in [0.25, 0.3) is 0 Å². The molecule has 6 heteroatoms. The number of hydrogen-bond acceptors (Lipinski definition) is 5. The number of esters is 1. The summed E-state index contributed by atoms with van der Waals surface area (Å²) in [7, 11) is 0. The Bertz CT molecular complexity index is 878. The first-order valence-corrected chi connectivity index (χ1v) is 8.66. The lowest BCUT2D eigenvalue weighted by molar-refractivity contribution is 0.0468. The van der Waals surface area contributed by atoms with Crippen LogP contribution >= 0.6 is 11.8 Å². The Morgan fingerprint density at radius 1 is 1.20 bits per heavy atom. The van der Waals surface area contributed by atoms with Gasteiger partial charge in [-0.3, -0.25) is 0 Å². The third-order valence-electron chi connectivity index (χ3n) is 3.41. The van der Waals surface area contributed by atoms with Crippen molar-refractivity contribution < 1.29 is 18.4 Å². The van der Waals surface area contributed by atoms with E-state index in [-0.39, 0.29) is 12.4 Å². The molecular formula is C19H16FNO3S. The standard InChI is InChI=1S/C19H16FNO3S/c1-13-9-16(24-21-13)12-25-18-8-3-2-7-17(18)19(22)23-11-14-5-4-6-15(20)10-14/h2-10H,11-12H2,1H3. The molecule has 0 saturated heterocycles. The molecule has 1 aromatic heterocycles. The van der Waals surface area contributed by atoms with Crippen LogP contribution in [0, 0.1) is 12.7 Å². The first kappa shape index (κ1) is 17.2. The summed E-state index contributed by atoms with van der Waals surface area (Å²) in [4.78, 5) is 13.2. The number of ether oxygens (including phenoxy) is 1. The summed E-state index contributed by atoms with van der Waals surface area (Å²) in [5.74, 6) is 0.507. The maximum absolute atomic E-state index is 13.2. The van der Waals surface area contributed by atoms with Gasteiger partial charge in [0.25, 0.3) is 0 Å². The first-order chi connectivity index (χ1) is 12.1. The van der Waals surface area contributed by atoms with E-state index in [2.05, 4.69) is 5.16 Å². The van der Waals surface area contributed by atoms with E-state index >= 15 is 0 Å². The summed E-state index contributed by atoms with van der Waals surface area (Å²) in [5, 5.41) is 3.85. The molecule has 0 fully saturated rings. The molecule has 0 aliphatic rings. The topological polar surface area (TPSA) is 52.3 Å². The molecule has 25 heavy (non-hydrogen) atoms. The highest BCUT2D eigenvalue weighted by atomic mass is 32.2. The van der Waals surface area contributed by atoms with E-state index in [9.17, 15) is 9.18 Å². The normalized spacial score (nSPS) is 10.6. The van der Waals surface area contributed by atoms with Gasteiger partial charge in [0.05, 0.1) is 17.0 Å². The Kier molecular flexibility index (Phi) is 5.50. The van der Waals surface area contributed by atoms with Crippen molar-refractivity contribution in [3.8, 4) is 0 Å². The van der Waals surface area contributed by atoms with Crippen molar-refractivity contribution in [1.29, 1.82) is 0 Å². The van der Waals surface area contributed by atoms with E-state index in [0.717, 1.165) is 16.3 Å². The van der Waals surface area contributed by atoms with Gasteiger partial charge in [-0.05, 0) is 36.8 Å². The lowest BCUT2D eigenvalue weighted by atomic mass is 10.2. The lowest BCUT2D eigenvalue weighted by Gasteiger charge is -2.09. The van der Waals surface area contributed by atoms with Gasteiger partial charge >= 0.3 is 5.97 Å². The molecule has 0 aliphatic heterocycles. The number of aryl methyl sites for hydroxylation is 1. The summed E-state index contributed by atoms with van der Waals surface area (Å²) < 4.78 is 23.7. The molecule has 4 nitrogen and oxygen atoms in total. The predicted octanol–water partition coefficient (Wildman–Crippen LogP) is 4.77. The highest BCUT2D eigenvalue weighted by Crippen LogP contribution is 2.27. The van der Waals surface area contributed by atoms with Crippen molar-refractivity contribution in [3.63, 3.8) is 0 Å². The molecular weight excluding hydrogens is 341 g/mol. The van der Waals surface area contributed by atoms with Crippen LogP contribution in [-0.4, -0.2) is 11.1 Å². The summed E-state index contributed by atoms with van der Waals surface area (Å²) in [6.07, 6.45) is 0. The summed E-state index contributed by atoms with van der Waals surface area (Å²) >= 11 is 1.47. The smallest absolute Gasteiger partial charge is 0.339 e. The molecule has 0 saturated carbocycles. The van der Waals surface area contributed by atoms with E-state index in [1.54, 1.807) is 24.3 Å². The van der Waals surface area contributed by atoms with Gasteiger partial charge < -0.3 is 9.26 Å². The fraction of sp³-hybridized carbons (Fsp3) is 0.158. The Hall–Kier alpha value is -2.60. The quantitative estimate of drug-likeness (QED) is 0.470. The molecule has 0 unspecified atom stereocenters. The third kappa shape index (κ3) is 4.70. The second-order valence-electron chi connectivity index (χ2n) is 5.43. The minimum absolute atomic E-state index is 0.0247. The molecule has 0 aliphatic carbocycles. The van der Waals surface area contributed by atoms with E-state index in [1.165, 1.54) is 23.9 Å². The molecule has 3 rings (SSSR count). The number of halogens is 1. The van der Waals surface area contributed by atoms with Gasteiger partial charge in [-0.15, -0.1) is 11.8 Å². The molecule has 2 aromatic carbocycles. The van der Waals surface area contributed by atoms with Crippen LogP contribution < -0.4 is 0 Å². The van der Waals surface area contributed by atoms with Crippen molar-refractivity contribution >= 4 is 17.7 Å². The molecule has 1 heterocycles. The zero-order valence-corrected chi connectivity index (χ0v) is 14.4. The molecule has 0 radical (unpaired) electrons. The summed E-state index contributed by atoms with van der Waals surface area (Å²) in [5.41, 5.74) is 1.90. The van der Waals surface area contributed by atoms with Crippen molar-refractivity contribution in [1.82, 2.24) is 5.16 Å². The number of nitrogens with zero attached hydrogens (tertiary/aromatic N) is 1. The number of aromatic nitrogens is 1. The van der Waals surface area contributed by atoms with Crippen molar-refractivity contribution in [3.05, 3.63) is 83.0 Å². The van der Waals surface area contributed by atoms with Gasteiger partial charge in [-0.25, -0.2) is 9.18 Å². The number of hydrogen-bond donors (Lipinski definition) is 0. The molecule has 0 atom stereocenters. The third-order valence-corrected chi connectivity index (χ3v) is 4.51. The van der Waals surface area contributed by atoms with Gasteiger partial charge in [0.1, 0.15) is 18.2 Å². The second-order valence-corrected chi connectivity index (χ2v) is 6.44. The fourth-order valence-electron chi connectivity index (χ4n) is 2.25. The van der Waals surface area contributed by atoms with Gasteiger partial charge in [0, 0.05) is 11.0 Å². The highest BCUT2D eigenvalue weighted by Gasteiger charge is 2.14. The van der Waals surface area contributed by atoms with Gasteiger partial charge in [0.15, 0.2) is 0 Å². The van der Waals surface area contributed by atoms with Gasteiger partial charge in [0.2, 0.25) is 0 Å². The van der Waals surface area contributed by atoms with Crippen LogP contribution in [0.3, 0.4) is 0 Å². The molecule has 3 aromatic rings. The molecule has 128 valence electrons. The van der Waals surface area contributed by atoms with E-state index in [0.29, 0.717) is 16.9 Å². The lowest BCUT2D eigenvalue weighted by Crippen LogP contribution is -2.06. The highest BCUT2D eigenvalue weighted by molar-refractivity contribution is 7.98. The summed E-state index contributed by atoms with van der Waals surface area (Å²) in [6.45, 7) is 1.88. The van der Waals surface area contributed by atoms with Crippen LogP contribution in [0.15, 0.2) is 64.0 Å². The molecule has 0 spiro atoms. The zero-order chi connectivity index (χ0) is 17.6. The van der Waals surface area contributed by atoms with Gasteiger partial charge in [-0.1, -0.05) is 29.4 Å². The molecule has 0 N–H and O–H groups in total. The van der Waals surface area contributed by atoms with Crippen LogP contribution in [0.4, 0.5) is 4.39 Å². The van der Waals surface area contributed by atoms with Crippen molar-refractivity contribution in [2.24, 2.45) is 0 Å². The fourth-order valence-corrected chi connectivity index (χ4v) is 3.16. The average molecular weight is 357 g/mol. The molecule has 0 bridgehead atoms. The van der Waals surface area contributed by atoms with Crippen LogP contribution in [0.5, 0.6) is 0 Å². The minimum atomic E-state index is -0.443. The number of rotatable bonds is 6. The Morgan fingerprint density at radius 2 is 2.04 bits per heavy atom. The second kappa shape index (κ2) is 7.98. The van der Waals surface area contributed by atoms with E-state index in [4.69, 9.17) is 9.26 Å². The SMILES string of the molecule is Cc1cc(CSc2ccccc2C(=O)OCc2cccc(F)c2)on1. The number of thioether (sulfide) groups is 1. The minimum Gasteiger partial charge on any atom is -0.457 e. The maximum atomic E-state index is 13.2. The van der Waals surface area contributed by atoms with Crippen LogP contribution in [0.1, 0.15) is 27.4 Å². The predicted molar refractivity (Wildman–Crippen MR) is 92.8 cm³/mol.